The molecule has 0 radical (unpaired) electrons. The first-order valence-corrected chi connectivity index (χ1v) is 13.2. The van der Waals surface area contributed by atoms with Gasteiger partial charge in [0.05, 0.1) is 5.56 Å². The van der Waals surface area contributed by atoms with Gasteiger partial charge in [-0.2, -0.15) is 14.2 Å². The first-order chi connectivity index (χ1) is 18.1. The van der Waals surface area contributed by atoms with Crippen LogP contribution in [0.5, 0.6) is 0 Å². The maximum atomic E-state index is 15.1. The van der Waals surface area contributed by atoms with Crippen LogP contribution in [0.3, 0.4) is 0 Å². The topological polar surface area (TPSA) is 116 Å². The molecule has 5 rings (SSSR count). The fourth-order valence-electron chi connectivity index (χ4n) is 5.30. The fraction of sp³-hybridized carbons (Fsp3) is 0.464. The number of anilines is 1. The summed E-state index contributed by atoms with van der Waals surface area (Å²) in [5, 5.41) is 22.1. The number of rotatable bonds is 9. The molecule has 2 N–H and O–H groups in total. The molecule has 0 bridgehead atoms. The van der Waals surface area contributed by atoms with E-state index in [1.54, 1.807) is 36.9 Å². The molecule has 0 aromatic carbocycles. The monoisotopic (exact) mass is 520 g/mol. The molecule has 0 unspecified atom stereocenters. The van der Waals surface area contributed by atoms with Gasteiger partial charge in [-0.25, -0.2) is 4.98 Å². The van der Waals surface area contributed by atoms with E-state index in [2.05, 4.69) is 20.7 Å². The number of nitrogens with one attached hydrogen (secondary N) is 2. The highest BCUT2D eigenvalue weighted by Crippen LogP contribution is 2.51. The normalized spacial score (nSPS) is 16.1. The average molecular weight is 521 g/mol. The molecular weight excluding hydrogens is 487 g/mol. The number of pyridine rings is 2. The van der Waals surface area contributed by atoms with E-state index in [4.69, 9.17) is 0 Å². The van der Waals surface area contributed by atoms with Crippen molar-refractivity contribution < 1.29 is 18.7 Å². The van der Waals surface area contributed by atoms with Gasteiger partial charge in [0.2, 0.25) is 11.9 Å². The predicted octanol–water partition coefficient (Wildman–Crippen LogP) is 4.09. The number of nitrogens with zero attached hydrogens (tertiary/aromatic N) is 4. The van der Waals surface area contributed by atoms with Crippen LogP contribution in [0.15, 0.2) is 36.7 Å². The number of halogens is 1. The molecule has 2 aliphatic rings. The summed E-state index contributed by atoms with van der Waals surface area (Å²) in [5.41, 5.74) is 2.06. The molecule has 2 aliphatic carbocycles. The summed E-state index contributed by atoms with van der Waals surface area (Å²) in [7, 11) is 0. The Labute approximate surface area is 221 Å². The molecule has 0 aliphatic heterocycles. The summed E-state index contributed by atoms with van der Waals surface area (Å²) >= 11 is 0. The molecular formula is C28H33FN6O3. The Morgan fingerprint density at radius 3 is 2.39 bits per heavy atom. The van der Waals surface area contributed by atoms with Gasteiger partial charge in [-0.3, -0.25) is 14.3 Å². The number of aromatic nitrogens is 4. The molecule has 2 fully saturated rings. The van der Waals surface area contributed by atoms with Crippen molar-refractivity contribution in [2.24, 2.45) is 17.8 Å². The van der Waals surface area contributed by atoms with Crippen LogP contribution < -0.4 is 15.4 Å². The highest BCUT2D eigenvalue weighted by molar-refractivity contribution is 6.00. The summed E-state index contributed by atoms with van der Waals surface area (Å²) < 4.78 is 17.5. The Balaban J connectivity index is 1.40. The molecule has 3 aromatic rings. The fourth-order valence-corrected chi connectivity index (χ4v) is 5.30. The molecule has 9 nitrogen and oxygen atoms in total. The second kappa shape index (κ2) is 10.2. The van der Waals surface area contributed by atoms with Crippen LogP contribution in [0.2, 0.25) is 0 Å². The summed E-state index contributed by atoms with van der Waals surface area (Å²) in [6, 6.07) is 5.60. The quantitative estimate of drug-likeness (QED) is 0.251. The number of hydrogen-bond donors (Lipinski definition) is 2. The minimum Gasteiger partial charge on any atom is -0.618 e. The first kappa shape index (κ1) is 25.8. The minimum atomic E-state index is -0.793. The lowest BCUT2D eigenvalue weighted by Crippen LogP contribution is -2.50. The third kappa shape index (κ3) is 5.25. The Hall–Kier alpha value is -3.82. The van der Waals surface area contributed by atoms with E-state index in [-0.39, 0.29) is 29.2 Å². The van der Waals surface area contributed by atoms with Gasteiger partial charge in [-0.1, -0.05) is 0 Å². The van der Waals surface area contributed by atoms with Crippen LogP contribution in [0, 0.1) is 42.8 Å². The smallest absolute Gasteiger partial charge is 0.270 e. The van der Waals surface area contributed by atoms with Crippen molar-refractivity contribution in [1.82, 2.24) is 20.1 Å². The first-order valence-electron chi connectivity index (χ1n) is 13.2. The zero-order valence-corrected chi connectivity index (χ0v) is 22.1. The Morgan fingerprint density at radius 1 is 1.11 bits per heavy atom. The van der Waals surface area contributed by atoms with Crippen molar-refractivity contribution in [2.45, 2.75) is 65.5 Å². The second-order valence-corrected chi connectivity index (χ2v) is 10.8. The molecule has 0 spiro atoms. The zero-order valence-electron chi connectivity index (χ0n) is 22.1. The molecule has 200 valence electrons. The lowest BCUT2D eigenvalue weighted by atomic mass is 9.88. The van der Waals surface area contributed by atoms with Gasteiger partial charge in [0.1, 0.15) is 17.6 Å². The standard InChI is InChI=1S/C28H33FN6O3/c1-15(2)35-22(11-12-30-35)27(36)33-25(24(18-5-6-18)19-7-8-19)28(37)32-23-10-9-20(26(29)31-23)21-13-16(3)14-34(38)17(21)4/h9-15,18-19,24-25H,5-8H2,1-4H3,(H,33,36)(H,31,32,37)/t25-/m0/s1. The Bertz CT molecular complexity index is 1370. The molecule has 3 aromatic heterocycles. The molecule has 0 saturated heterocycles. The maximum absolute atomic E-state index is 15.1. The zero-order chi connectivity index (χ0) is 27.1. The van der Waals surface area contributed by atoms with Crippen LogP contribution in [-0.4, -0.2) is 32.6 Å². The van der Waals surface area contributed by atoms with E-state index in [0.717, 1.165) is 25.7 Å². The van der Waals surface area contributed by atoms with Gasteiger partial charge >= 0.3 is 0 Å². The van der Waals surface area contributed by atoms with E-state index in [1.165, 1.54) is 18.3 Å². The van der Waals surface area contributed by atoms with Crippen molar-refractivity contribution in [2.75, 3.05) is 5.32 Å². The Kier molecular flexibility index (Phi) is 6.90. The third-order valence-electron chi connectivity index (χ3n) is 7.48. The van der Waals surface area contributed by atoms with E-state index in [9.17, 15) is 14.8 Å². The number of carbonyl (C=O) groups excluding carboxylic acids is 2. The molecule has 38 heavy (non-hydrogen) atoms. The van der Waals surface area contributed by atoms with Gasteiger partial charge in [0, 0.05) is 30.3 Å². The van der Waals surface area contributed by atoms with Crippen LogP contribution in [0.25, 0.3) is 11.1 Å². The predicted molar refractivity (Wildman–Crippen MR) is 139 cm³/mol. The van der Waals surface area contributed by atoms with Crippen LogP contribution in [-0.2, 0) is 4.79 Å². The second-order valence-electron chi connectivity index (χ2n) is 10.8. The molecule has 2 saturated carbocycles. The number of amides is 2. The third-order valence-corrected chi connectivity index (χ3v) is 7.48. The van der Waals surface area contributed by atoms with Crippen molar-refractivity contribution in [1.29, 1.82) is 0 Å². The highest BCUT2D eigenvalue weighted by Gasteiger charge is 2.48. The van der Waals surface area contributed by atoms with Crippen molar-refractivity contribution in [3.63, 3.8) is 0 Å². The molecule has 10 heteroatoms. The van der Waals surface area contributed by atoms with Crippen molar-refractivity contribution in [3.05, 3.63) is 64.8 Å². The van der Waals surface area contributed by atoms with Gasteiger partial charge in [0.25, 0.3) is 5.91 Å². The molecule has 2 amide bonds. The summed E-state index contributed by atoms with van der Waals surface area (Å²) in [5.74, 6) is -0.750. The van der Waals surface area contributed by atoms with Gasteiger partial charge in [-0.15, -0.1) is 0 Å². The SMILES string of the molecule is Cc1cc(-c2ccc(NC(=O)[C@@H](NC(=O)c3ccnn3C(C)C)C(C3CC3)C3CC3)nc2F)c(C)[n+]([O-])c1. The summed E-state index contributed by atoms with van der Waals surface area (Å²) in [4.78, 5) is 30.9. The summed E-state index contributed by atoms with van der Waals surface area (Å²) in [6.45, 7) is 7.25. The van der Waals surface area contributed by atoms with Crippen LogP contribution >= 0.6 is 0 Å². The van der Waals surface area contributed by atoms with Gasteiger partial charge in [-0.05, 0) is 88.5 Å². The molecule has 1 atom stereocenters. The lowest BCUT2D eigenvalue weighted by Gasteiger charge is -2.27. The number of carbonyl (C=O) groups is 2. The van der Waals surface area contributed by atoms with Crippen LogP contribution in [0.4, 0.5) is 10.2 Å². The van der Waals surface area contributed by atoms with E-state index in [0.29, 0.717) is 39.1 Å². The maximum Gasteiger partial charge on any atom is 0.270 e. The Morgan fingerprint density at radius 2 is 1.79 bits per heavy atom. The van der Waals surface area contributed by atoms with E-state index < -0.39 is 17.9 Å². The van der Waals surface area contributed by atoms with Gasteiger partial charge in [0.15, 0.2) is 11.9 Å². The van der Waals surface area contributed by atoms with Crippen LogP contribution in [0.1, 0.15) is 67.3 Å². The minimum absolute atomic E-state index is 0.0143. The molecule has 3 heterocycles. The average Bonchev–Trinajstić information content (AvgIpc) is 3.80. The number of hydrogen-bond acceptors (Lipinski definition) is 5. The van der Waals surface area contributed by atoms with Crippen molar-refractivity contribution >= 4 is 17.6 Å². The van der Waals surface area contributed by atoms with E-state index in [1.807, 2.05) is 13.8 Å². The lowest BCUT2D eigenvalue weighted by molar-refractivity contribution is -0.612. The summed E-state index contributed by atoms with van der Waals surface area (Å²) in [6.07, 6.45) is 7.12. The van der Waals surface area contributed by atoms with Crippen molar-refractivity contribution in [3.8, 4) is 11.1 Å². The van der Waals surface area contributed by atoms with E-state index >= 15 is 4.39 Å². The van der Waals surface area contributed by atoms with Gasteiger partial charge < -0.3 is 15.8 Å². The largest absolute Gasteiger partial charge is 0.618 e. The number of aryl methyl sites for hydroxylation is 1. The highest BCUT2D eigenvalue weighted by atomic mass is 19.1.